The summed E-state index contributed by atoms with van der Waals surface area (Å²) in [5.41, 5.74) is 1.47. The van der Waals surface area contributed by atoms with Crippen LogP contribution in [0, 0.1) is 0 Å². The van der Waals surface area contributed by atoms with E-state index < -0.39 is 10.0 Å². The van der Waals surface area contributed by atoms with E-state index in [4.69, 9.17) is 4.74 Å². The highest BCUT2D eigenvalue weighted by molar-refractivity contribution is 7.89. The molecule has 2 aromatic carbocycles. The fourth-order valence-corrected chi connectivity index (χ4v) is 4.78. The van der Waals surface area contributed by atoms with Gasteiger partial charge in [0.25, 0.3) is 0 Å². The maximum absolute atomic E-state index is 12.9. The van der Waals surface area contributed by atoms with Gasteiger partial charge in [0, 0.05) is 18.7 Å². The number of benzene rings is 2. The number of ether oxygens (including phenoxy) is 1. The van der Waals surface area contributed by atoms with Gasteiger partial charge in [0.2, 0.25) is 10.0 Å². The second-order valence-electron chi connectivity index (χ2n) is 7.08. The van der Waals surface area contributed by atoms with E-state index in [0.717, 1.165) is 5.56 Å². The lowest BCUT2D eigenvalue weighted by Crippen LogP contribution is -2.40. The van der Waals surface area contributed by atoms with Crippen LogP contribution in [-0.2, 0) is 21.2 Å². The number of hydrogen-bond acceptors (Lipinski definition) is 5. The summed E-state index contributed by atoms with van der Waals surface area (Å²) in [6.07, 6.45) is 0.438. The molecule has 1 atom stereocenters. The largest absolute Gasteiger partial charge is 0.379 e. The van der Waals surface area contributed by atoms with Crippen molar-refractivity contribution in [2.75, 3.05) is 40.4 Å². The van der Waals surface area contributed by atoms with Gasteiger partial charge in [-0.05, 0) is 38.2 Å². The van der Waals surface area contributed by atoms with Crippen molar-refractivity contribution in [3.05, 3.63) is 65.7 Å². The lowest BCUT2D eigenvalue weighted by Gasteiger charge is -2.26. The summed E-state index contributed by atoms with van der Waals surface area (Å²) in [7, 11) is 0.164. The first kappa shape index (κ1) is 20.7. The quantitative estimate of drug-likeness (QED) is 0.664. The van der Waals surface area contributed by atoms with E-state index in [2.05, 4.69) is 0 Å². The monoisotopic (exact) mass is 402 g/mol. The van der Waals surface area contributed by atoms with E-state index in [1.165, 1.54) is 4.31 Å². The Morgan fingerprint density at radius 3 is 2.39 bits per heavy atom. The zero-order valence-electron chi connectivity index (χ0n) is 16.2. The summed E-state index contributed by atoms with van der Waals surface area (Å²) in [6, 6.07) is 15.7. The zero-order valence-corrected chi connectivity index (χ0v) is 17.1. The molecule has 1 saturated heterocycles. The number of likely N-dealkylation sites (N-methyl/N-ethyl adjacent to an activating group) is 1. The molecule has 0 N–H and O–H groups in total. The number of rotatable bonds is 7. The first-order valence-corrected chi connectivity index (χ1v) is 10.8. The molecule has 2 aromatic rings. The molecule has 0 aliphatic carbocycles. The molecule has 1 heterocycles. The normalized spacial score (nSPS) is 16.8. The van der Waals surface area contributed by atoms with Gasteiger partial charge in [-0.15, -0.1) is 0 Å². The Morgan fingerprint density at radius 1 is 1.07 bits per heavy atom. The molecular weight excluding hydrogens is 376 g/mol. The molecule has 0 radical (unpaired) electrons. The van der Waals surface area contributed by atoms with E-state index in [-0.39, 0.29) is 16.7 Å². The Kier molecular flexibility index (Phi) is 6.61. The first-order valence-electron chi connectivity index (χ1n) is 9.32. The molecule has 0 aromatic heterocycles. The Morgan fingerprint density at radius 2 is 1.75 bits per heavy atom. The van der Waals surface area contributed by atoms with Gasteiger partial charge >= 0.3 is 0 Å². The van der Waals surface area contributed by atoms with Crippen LogP contribution in [0.1, 0.15) is 15.9 Å². The van der Waals surface area contributed by atoms with Gasteiger partial charge < -0.3 is 4.74 Å². The van der Waals surface area contributed by atoms with Gasteiger partial charge in [-0.3, -0.25) is 9.69 Å². The Bertz CT molecular complexity index is 907. The highest BCUT2D eigenvalue weighted by atomic mass is 32.2. The number of ketones is 1. The molecule has 1 fully saturated rings. The summed E-state index contributed by atoms with van der Waals surface area (Å²) in [6.45, 7) is 1.54. The molecule has 1 aliphatic rings. The van der Waals surface area contributed by atoms with Crippen molar-refractivity contribution in [1.82, 2.24) is 9.21 Å². The van der Waals surface area contributed by atoms with Crippen LogP contribution in [0.3, 0.4) is 0 Å². The SMILES string of the molecule is CN(C)C(Cc1cccc(S(=O)(=O)N2CCOCC2)c1)C(=O)c1ccccc1. The van der Waals surface area contributed by atoms with Crippen molar-refractivity contribution in [3.8, 4) is 0 Å². The third-order valence-corrected chi connectivity index (χ3v) is 6.81. The number of hydrogen-bond donors (Lipinski definition) is 0. The molecule has 1 unspecified atom stereocenters. The lowest BCUT2D eigenvalue weighted by atomic mass is 9.97. The van der Waals surface area contributed by atoms with Gasteiger partial charge in [0.1, 0.15) is 0 Å². The number of morpholine rings is 1. The highest BCUT2D eigenvalue weighted by Gasteiger charge is 2.27. The highest BCUT2D eigenvalue weighted by Crippen LogP contribution is 2.20. The standard InChI is InChI=1S/C21H26N2O4S/c1-22(2)20(21(24)18-8-4-3-5-9-18)16-17-7-6-10-19(15-17)28(25,26)23-11-13-27-14-12-23/h3-10,15,20H,11-14,16H2,1-2H3. The van der Waals surface area contributed by atoms with Gasteiger partial charge in [-0.25, -0.2) is 8.42 Å². The van der Waals surface area contributed by atoms with Crippen molar-refractivity contribution in [2.45, 2.75) is 17.4 Å². The van der Waals surface area contributed by atoms with Gasteiger partial charge in [-0.2, -0.15) is 4.31 Å². The summed E-state index contributed by atoms with van der Waals surface area (Å²) in [4.78, 5) is 15.1. The third kappa shape index (κ3) is 4.67. The maximum Gasteiger partial charge on any atom is 0.243 e. The van der Waals surface area contributed by atoms with Crippen LogP contribution in [0.2, 0.25) is 0 Å². The number of sulfonamides is 1. The Balaban J connectivity index is 1.83. The minimum atomic E-state index is -3.56. The summed E-state index contributed by atoms with van der Waals surface area (Å²) < 4.78 is 32.5. The van der Waals surface area contributed by atoms with Crippen LogP contribution in [0.5, 0.6) is 0 Å². The van der Waals surface area contributed by atoms with Crippen molar-refractivity contribution < 1.29 is 17.9 Å². The minimum absolute atomic E-state index is 0.0204. The second kappa shape index (κ2) is 8.96. The second-order valence-corrected chi connectivity index (χ2v) is 9.02. The average Bonchev–Trinajstić information content (AvgIpc) is 2.73. The topological polar surface area (TPSA) is 66.9 Å². The number of carbonyl (C=O) groups excluding carboxylic acids is 1. The summed E-state index contributed by atoms with van der Waals surface area (Å²) >= 11 is 0. The molecule has 1 aliphatic heterocycles. The van der Waals surface area contributed by atoms with Gasteiger partial charge in [-0.1, -0.05) is 42.5 Å². The van der Waals surface area contributed by atoms with E-state index in [0.29, 0.717) is 38.3 Å². The Hall–Kier alpha value is -2.06. The van der Waals surface area contributed by atoms with E-state index in [1.54, 1.807) is 30.3 Å². The fourth-order valence-electron chi connectivity index (χ4n) is 3.30. The van der Waals surface area contributed by atoms with Crippen LogP contribution in [0.15, 0.2) is 59.5 Å². The zero-order chi connectivity index (χ0) is 20.1. The van der Waals surface area contributed by atoms with Crippen molar-refractivity contribution >= 4 is 15.8 Å². The molecule has 150 valence electrons. The Labute approximate surface area is 166 Å². The molecule has 7 heteroatoms. The third-order valence-electron chi connectivity index (χ3n) is 4.92. The summed E-state index contributed by atoms with van der Waals surface area (Å²) in [5.74, 6) is 0.0204. The molecule has 0 bridgehead atoms. The van der Waals surface area contributed by atoms with Crippen molar-refractivity contribution in [3.63, 3.8) is 0 Å². The van der Waals surface area contributed by atoms with E-state index in [9.17, 15) is 13.2 Å². The minimum Gasteiger partial charge on any atom is -0.379 e. The average molecular weight is 403 g/mol. The van der Waals surface area contributed by atoms with Gasteiger partial charge in [0.05, 0.1) is 24.2 Å². The molecule has 0 saturated carbocycles. The van der Waals surface area contributed by atoms with Crippen molar-refractivity contribution in [1.29, 1.82) is 0 Å². The van der Waals surface area contributed by atoms with Crippen molar-refractivity contribution in [2.24, 2.45) is 0 Å². The van der Waals surface area contributed by atoms with Crippen LogP contribution in [0.4, 0.5) is 0 Å². The smallest absolute Gasteiger partial charge is 0.243 e. The van der Waals surface area contributed by atoms with Crippen LogP contribution < -0.4 is 0 Å². The molecule has 0 spiro atoms. The predicted molar refractivity (Wildman–Crippen MR) is 108 cm³/mol. The number of carbonyl (C=O) groups is 1. The first-order chi connectivity index (χ1) is 13.4. The number of nitrogens with zero attached hydrogens (tertiary/aromatic N) is 2. The molecule has 0 amide bonds. The van der Waals surface area contributed by atoms with Gasteiger partial charge in [0.15, 0.2) is 5.78 Å². The van der Waals surface area contributed by atoms with Crippen LogP contribution in [0.25, 0.3) is 0 Å². The molecule has 6 nitrogen and oxygen atoms in total. The molecule has 3 rings (SSSR count). The van der Waals surface area contributed by atoms with E-state index >= 15 is 0 Å². The fraction of sp³-hybridized carbons (Fsp3) is 0.381. The van der Waals surface area contributed by atoms with Crippen LogP contribution in [-0.4, -0.2) is 69.8 Å². The molecule has 28 heavy (non-hydrogen) atoms. The predicted octanol–water partition coefficient (Wildman–Crippen LogP) is 2.06. The maximum atomic E-state index is 12.9. The lowest BCUT2D eigenvalue weighted by molar-refractivity contribution is 0.0730. The van der Waals surface area contributed by atoms with Crippen LogP contribution >= 0.6 is 0 Å². The number of Topliss-reactive ketones (excluding diaryl/α,β-unsaturated/α-hetero) is 1. The summed E-state index contributed by atoms with van der Waals surface area (Å²) in [5, 5.41) is 0. The van der Waals surface area contributed by atoms with E-state index in [1.807, 2.05) is 43.3 Å². The molecular formula is C21H26N2O4S.